The van der Waals surface area contributed by atoms with E-state index in [-0.39, 0.29) is 0 Å². The topological polar surface area (TPSA) is 82.7 Å². The van der Waals surface area contributed by atoms with E-state index in [1.165, 1.54) is 5.56 Å². The third kappa shape index (κ3) is 5.15. The predicted molar refractivity (Wildman–Crippen MR) is 116 cm³/mol. The summed E-state index contributed by atoms with van der Waals surface area (Å²) in [5, 5.41) is 0. The average molecular weight is 380 g/mol. The van der Waals surface area contributed by atoms with Crippen LogP contribution in [0.1, 0.15) is 19.4 Å². The number of aliphatic imine (C=N–C) groups is 1. The summed E-state index contributed by atoms with van der Waals surface area (Å²) in [6, 6.07) is 10.2. The number of amidine groups is 1. The molecule has 28 heavy (non-hydrogen) atoms. The molecule has 2 aromatic rings. The SMILES string of the molecule is CC(C)=C/C(=N\c1cc(N2CCN(C)CC2)nc(-c2ccc(C)cc2)n1)NN. The molecule has 3 rings (SSSR count). The molecule has 7 nitrogen and oxygen atoms in total. The number of likely N-dealkylation sites (N-methyl/N-ethyl adjacent to an activating group) is 1. The molecule has 0 spiro atoms. The maximum atomic E-state index is 5.65. The van der Waals surface area contributed by atoms with Gasteiger partial charge in [0.2, 0.25) is 0 Å². The molecule has 0 bridgehead atoms. The first-order valence-corrected chi connectivity index (χ1v) is 9.54. The molecule has 0 aliphatic carbocycles. The number of nitrogens with two attached hydrogens (primary N) is 1. The Morgan fingerprint density at radius 3 is 2.39 bits per heavy atom. The fourth-order valence-electron chi connectivity index (χ4n) is 3.01. The van der Waals surface area contributed by atoms with Gasteiger partial charge in [0.15, 0.2) is 11.6 Å². The predicted octanol–water partition coefficient (Wildman–Crippen LogP) is 2.66. The molecular formula is C21H29N7. The summed E-state index contributed by atoms with van der Waals surface area (Å²) in [7, 11) is 2.14. The zero-order chi connectivity index (χ0) is 20.1. The fraction of sp³-hybridized carbons (Fsp3) is 0.381. The van der Waals surface area contributed by atoms with Crippen molar-refractivity contribution in [3.05, 3.63) is 47.5 Å². The van der Waals surface area contributed by atoms with Crippen molar-refractivity contribution >= 4 is 17.5 Å². The molecule has 0 saturated carbocycles. The van der Waals surface area contributed by atoms with E-state index in [0.717, 1.165) is 43.1 Å². The lowest BCUT2D eigenvalue weighted by molar-refractivity contribution is 0.312. The van der Waals surface area contributed by atoms with Crippen LogP contribution in [0.3, 0.4) is 0 Å². The Hall–Kier alpha value is -2.77. The van der Waals surface area contributed by atoms with Crippen molar-refractivity contribution in [2.75, 3.05) is 38.1 Å². The van der Waals surface area contributed by atoms with Crippen LogP contribution >= 0.6 is 0 Å². The van der Waals surface area contributed by atoms with Crippen molar-refractivity contribution in [2.45, 2.75) is 20.8 Å². The third-order valence-corrected chi connectivity index (χ3v) is 4.64. The van der Waals surface area contributed by atoms with Crippen LogP contribution in [-0.4, -0.2) is 53.9 Å². The van der Waals surface area contributed by atoms with E-state index < -0.39 is 0 Å². The number of aromatic nitrogens is 2. The molecule has 3 N–H and O–H groups in total. The molecule has 0 unspecified atom stereocenters. The Bertz CT molecular complexity index is 859. The number of hydrogen-bond donors (Lipinski definition) is 2. The van der Waals surface area contributed by atoms with E-state index in [4.69, 9.17) is 10.8 Å². The van der Waals surface area contributed by atoms with Gasteiger partial charge in [0.05, 0.1) is 0 Å². The molecule has 148 valence electrons. The molecule has 1 aliphatic rings. The number of hydrogen-bond acceptors (Lipinski definition) is 6. The molecule has 1 aromatic heterocycles. The number of anilines is 1. The number of nitrogens with one attached hydrogen (secondary N) is 1. The minimum Gasteiger partial charge on any atom is -0.354 e. The quantitative estimate of drug-likeness (QED) is 0.368. The summed E-state index contributed by atoms with van der Waals surface area (Å²) in [4.78, 5) is 18.7. The molecule has 7 heteroatoms. The molecule has 1 saturated heterocycles. The van der Waals surface area contributed by atoms with Gasteiger partial charge in [-0.15, -0.1) is 0 Å². The highest BCUT2D eigenvalue weighted by Crippen LogP contribution is 2.25. The number of benzene rings is 1. The second-order valence-corrected chi connectivity index (χ2v) is 7.43. The number of hydrazine groups is 1. The van der Waals surface area contributed by atoms with Gasteiger partial charge in [0, 0.05) is 37.8 Å². The Labute approximate surface area is 167 Å². The van der Waals surface area contributed by atoms with Crippen LogP contribution in [0.25, 0.3) is 11.4 Å². The van der Waals surface area contributed by atoms with E-state index in [1.807, 2.05) is 38.1 Å². The minimum absolute atomic E-state index is 0.567. The Morgan fingerprint density at radius 2 is 1.79 bits per heavy atom. The average Bonchev–Trinajstić information content (AvgIpc) is 2.68. The number of rotatable bonds is 4. The van der Waals surface area contributed by atoms with E-state index in [1.54, 1.807) is 0 Å². The minimum atomic E-state index is 0.567. The maximum absolute atomic E-state index is 5.65. The van der Waals surface area contributed by atoms with Crippen LogP contribution in [0.15, 0.2) is 47.0 Å². The Morgan fingerprint density at radius 1 is 1.11 bits per heavy atom. The third-order valence-electron chi connectivity index (χ3n) is 4.64. The zero-order valence-corrected chi connectivity index (χ0v) is 17.1. The van der Waals surface area contributed by atoms with Crippen molar-refractivity contribution in [1.29, 1.82) is 0 Å². The van der Waals surface area contributed by atoms with Crippen LogP contribution in [-0.2, 0) is 0 Å². The van der Waals surface area contributed by atoms with E-state index in [2.05, 4.69) is 51.3 Å². The van der Waals surface area contributed by atoms with E-state index in [9.17, 15) is 0 Å². The molecule has 1 aromatic carbocycles. The molecular weight excluding hydrogens is 350 g/mol. The standard InChI is InChI=1S/C21H29N7/c1-15(2)13-19(26-22)23-18-14-20(28-11-9-27(4)10-12-28)25-21(24-18)17-7-5-16(3)6-8-17/h5-8,13-14H,9-12,22H2,1-4H3,(H,23,24,25,26). The van der Waals surface area contributed by atoms with Crippen molar-refractivity contribution in [3.8, 4) is 11.4 Å². The molecule has 0 amide bonds. The van der Waals surface area contributed by atoms with Gasteiger partial charge >= 0.3 is 0 Å². The monoisotopic (exact) mass is 379 g/mol. The van der Waals surface area contributed by atoms with Crippen LogP contribution in [0.4, 0.5) is 11.6 Å². The lowest BCUT2D eigenvalue weighted by atomic mass is 10.1. The summed E-state index contributed by atoms with van der Waals surface area (Å²) >= 11 is 0. The first-order chi connectivity index (χ1) is 13.4. The fourth-order valence-corrected chi connectivity index (χ4v) is 3.01. The first-order valence-electron chi connectivity index (χ1n) is 9.54. The van der Waals surface area contributed by atoms with Gasteiger partial charge in [-0.05, 0) is 33.9 Å². The summed E-state index contributed by atoms with van der Waals surface area (Å²) in [5.41, 5.74) is 5.93. The molecule has 0 radical (unpaired) electrons. The van der Waals surface area contributed by atoms with Gasteiger partial charge in [-0.1, -0.05) is 35.4 Å². The highest BCUT2D eigenvalue weighted by Gasteiger charge is 2.17. The lowest BCUT2D eigenvalue weighted by Crippen LogP contribution is -2.44. The van der Waals surface area contributed by atoms with Gasteiger partial charge in [0.25, 0.3) is 0 Å². The smallest absolute Gasteiger partial charge is 0.163 e. The number of allylic oxidation sites excluding steroid dienone is 1. The summed E-state index contributed by atoms with van der Waals surface area (Å²) in [5.74, 6) is 8.37. The maximum Gasteiger partial charge on any atom is 0.163 e. The van der Waals surface area contributed by atoms with Gasteiger partial charge in [-0.2, -0.15) is 0 Å². The van der Waals surface area contributed by atoms with Gasteiger partial charge in [-0.3, -0.25) is 0 Å². The van der Waals surface area contributed by atoms with E-state index in [0.29, 0.717) is 17.5 Å². The van der Waals surface area contributed by atoms with Crippen LogP contribution in [0.5, 0.6) is 0 Å². The number of aryl methyl sites for hydroxylation is 1. The summed E-state index contributed by atoms with van der Waals surface area (Å²) in [6.45, 7) is 9.95. The highest BCUT2D eigenvalue weighted by atomic mass is 15.3. The normalized spacial score (nSPS) is 15.5. The van der Waals surface area contributed by atoms with Gasteiger partial charge < -0.3 is 15.2 Å². The number of piperazine rings is 1. The summed E-state index contributed by atoms with van der Waals surface area (Å²) < 4.78 is 0. The Kier molecular flexibility index (Phi) is 6.38. The largest absolute Gasteiger partial charge is 0.354 e. The first kappa shape index (κ1) is 20.0. The van der Waals surface area contributed by atoms with Crippen molar-refractivity contribution in [1.82, 2.24) is 20.3 Å². The van der Waals surface area contributed by atoms with E-state index >= 15 is 0 Å². The van der Waals surface area contributed by atoms with Crippen molar-refractivity contribution in [3.63, 3.8) is 0 Å². The highest BCUT2D eigenvalue weighted by molar-refractivity contribution is 5.94. The molecule has 1 fully saturated rings. The van der Waals surface area contributed by atoms with Gasteiger partial charge in [0.1, 0.15) is 11.7 Å². The second kappa shape index (κ2) is 8.95. The van der Waals surface area contributed by atoms with Gasteiger partial charge in [-0.25, -0.2) is 20.8 Å². The molecule has 2 heterocycles. The van der Waals surface area contributed by atoms with Crippen LogP contribution < -0.4 is 16.2 Å². The summed E-state index contributed by atoms with van der Waals surface area (Å²) in [6.07, 6.45) is 1.89. The Balaban J connectivity index is 2.04. The lowest BCUT2D eigenvalue weighted by Gasteiger charge is -2.33. The second-order valence-electron chi connectivity index (χ2n) is 7.43. The van der Waals surface area contributed by atoms with Crippen molar-refractivity contribution < 1.29 is 0 Å². The van der Waals surface area contributed by atoms with Crippen molar-refractivity contribution in [2.24, 2.45) is 10.8 Å². The van der Waals surface area contributed by atoms with Crippen LogP contribution in [0.2, 0.25) is 0 Å². The molecule has 1 aliphatic heterocycles. The number of nitrogens with zero attached hydrogens (tertiary/aromatic N) is 5. The zero-order valence-electron chi connectivity index (χ0n) is 17.1. The molecule has 0 atom stereocenters. The van der Waals surface area contributed by atoms with Crippen LogP contribution in [0, 0.1) is 6.92 Å².